The van der Waals surface area contributed by atoms with Crippen LogP contribution in [0.15, 0.2) is 24.3 Å². The molecule has 1 aliphatic carbocycles. The van der Waals surface area contributed by atoms with Crippen molar-refractivity contribution in [3.63, 3.8) is 0 Å². The van der Waals surface area contributed by atoms with Crippen molar-refractivity contribution in [2.45, 2.75) is 69.9 Å². The lowest BCUT2D eigenvalue weighted by Crippen LogP contribution is -2.49. The van der Waals surface area contributed by atoms with E-state index >= 15 is 0 Å². The van der Waals surface area contributed by atoms with Gasteiger partial charge < -0.3 is 20.7 Å². The number of rotatable bonds is 6. The third kappa shape index (κ3) is 4.84. The molecule has 3 aliphatic rings. The highest BCUT2D eigenvalue weighted by molar-refractivity contribution is 6.07. The predicted octanol–water partition coefficient (Wildman–Crippen LogP) is 3.90. The van der Waals surface area contributed by atoms with E-state index in [1.807, 2.05) is 6.07 Å². The lowest BCUT2D eigenvalue weighted by Gasteiger charge is -2.31. The summed E-state index contributed by atoms with van der Waals surface area (Å²) in [5.74, 6) is -1.38. The maximum absolute atomic E-state index is 13.5. The van der Waals surface area contributed by atoms with E-state index in [1.54, 1.807) is 12.1 Å². The second kappa shape index (κ2) is 10.2. The number of nitrogens with zero attached hydrogens (tertiary/aromatic N) is 2. The van der Waals surface area contributed by atoms with E-state index in [4.69, 9.17) is 4.74 Å². The lowest BCUT2D eigenvalue weighted by atomic mass is 9.75. The quantitative estimate of drug-likeness (QED) is 0.540. The van der Waals surface area contributed by atoms with Gasteiger partial charge in [0, 0.05) is 24.6 Å². The first-order chi connectivity index (χ1) is 17.8. The van der Waals surface area contributed by atoms with Gasteiger partial charge in [-0.25, -0.2) is 0 Å². The molecule has 9 nitrogen and oxygen atoms in total. The first-order valence-electron chi connectivity index (χ1n) is 12.8. The second-order valence-corrected chi connectivity index (χ2v) is 10.1. The largest absolute Gasteiger partial charge is 0.381 e. The summed E-state index contributed by atoms with van der Waals surface area (Å²) in [6, 6.07) is 5.71. The Bertz CT molecular complexity index is 1200. The van der Waals surface area contributed by atoms with Crippen LogP contribution in [-0.2, 0) is 19.7 Å². The summed E-state index contributed by atoms with van der Waals surface area (Å²) in [5, 5.41) is 12.2. The fourth-order valence-corrected chi connectivity index (χ4v) is 5.86. The number of aromatic nitrogens is 2. The van der Waals surface area contributed by atoms with Gasteiger partial charge in [0.2, 0.25) is 11.8 Å². The van der Waals surface area contributed by atoms with Gasteiger partial charge in [0.25, 0.3) is 5.91 Å². The molecule has 2 aromatic rings. The van der Waals surface area contributed by atoms with Gasteiger partial charge in [-0.05, 0) is 62.3 Å². The summed E-state index contributed by atoms with van der Waals surface area (Å²) in [4.78, 5) is 39.3. The SMILES string of the molecule is Cc1cc(C(=O)N[C@H](C(=O)Nc2ccc3c(c2)NC(=O)C32CCOCC2)C2CCCCC2)n(C(F)F)n1. The number of halogens is 2. The molecule has 1 saturated heterocycles. The zero-order valence-corrected chi connectivity index (χ0v) is 20.7. The molecule has 198 valence electrons. The number of aryl methyl sites for hydroxylation is 1. The van der Waals surface area contributed by atoms with Gasteiger partial charge in [-0.15, -0.1) is 0 Å². The number of anilines is 2. The van der Waals surface area contributed by atoms with Gasteiger partial charge in [0.05, 0.1) is 11.1 Å². The molecule has 0 bridgehead atoms. The van der Waals surface area contributed by atoms with Crippen LogP contribution in [0.5, 0.6) is 0 Å². The fraction of sp³-hybridized carbons (Fsp3) is 0.538. The molecule has 1 aromatic carbocycles. The van der Waals surface area contributed by atoms with E-state index < -0.39 is 29.8 Å². The number of hydrogen-bond donors (Lipinski definition) is 3. The molecule has 3 N–H and O–H groups in total. The topological polar surface area (TPSA) is 114 Å². The maximum Gasteiger partial charge on any atom is 0.333 e. The first kappa shape index (κ1) is 25.3. The number of amides is 3. The highest BCUT2D eigenvalue weighted by atomic mass is 19.3. The molecule has 2 fully saturated rings. The number of carbonyl (C=O) groups excluding carboxylic acids is 3. The number of fused-ring (bicyclic) bond motifs is 2. The Morgan fingerprint density at radius 2 is 1.89 bits per heavy atom. The molecule has 1 saturated carbocycles. The highest BCUT2D eigenvalue weighted by Crippen LogP contribution is 2.45. The lowest BCUT2D eigenvalue weighted by molar-refractivity contribution is -0.124. The van der Waals surface area contributed by atoms with Crippen LogP contribution >= 0.6 is 0 Å². The third-order valence-electron chi connectivity index (χ3n) is 7.80. The fourth-order valence-electron chi connectivity index (χ4n) is 5.86. The van der Waals surface area contributed by atoms with Gasteiger partial charge in [0.1, 0.15) is 11.7 Å². The summed E-state index contributed by atoms with van der Waals surface area (Å²) in [5.41, 5.74) is 1.41. The Labute approximate surface area is 213 Å². The minimum Gasteiger partial charge on any atom is -0.381 e. The van der Waals surface area contributed by atoms with E-state index in [0.717, 1.165) is 37.7 Å². The average Bonchev–Trinajstić information content (AvgIpc) is 3.41. The number of ether oxygens (including phenoxy) is 1. The van der Waals surface area contributed by atoms with Crippen LogP contribution in [-0.4, -0.2) is 46.8 Å². The van der Waals surface area contributed by atoms with Crippen LogP contribution in [0.25, 0.3) is 0 Å². The van der Waals surface area contributed by atoms with Gasteiger partial charge >= 0.3 is 6.55 Å². The summed E-state index contributed by atoms with van der Waals surface area (Å²) in [7, 11) is 0. The van der Waals surface area contributed by atoms with Crippen LogP contribution in [0.4, 0.5) is 20.2 Å². The van der Waals surface area contributed by atoms with Gasteiger partial charge in [-0.1, -0.05) is 25.3 Å². The zero-order valence-electron chi connectivity index (χ0n) is 20.7. The van der Waals surface area contributed by atoms with Crippen molar-refractivity contribution in [2.75, 3.05) is 23.8 Å². The van der Waals surface area contributed by atoms with Gasteiger partial charge in [-0.2, -0.15) is 18.6 Å². The van der Waals surface area contributed by atoms with Crippen molar-refractivity contribution in [1.82, 2.24) is 15.1 Å². The van der Waals surface area contributed by atoms with Crippen molar-refractivity contribution in [1.29, 1.82) is 0 Å². The number of hydrogen-bond acceptors (Lipinski definition) is 5. The smallest absolute Gasteiger partial charge is 0.333 e. The van der Waals surface area contributed by atoms with Crippen molar-refractivity contribution < 1.29 is 27.9 Å². The zero-order chi connectivity index (χ0) is 26.2. The number of carbonyl (C=O) groups is 3. The molecule has 3 heterocycles. The van der Waals surface area contributed by atoms with Crippen LogP contribution < -0.4 is 16.0 Å². The monoisotopic (exact) mass is 515 g/mol. The molecule has 1 atom stereocenters. The molecule has 0 unspecified atom stereocenters. The molecule has 2 aliphatic heterocycles. The summed E-state index contributed by atoms with van der Waals surface area (Å²) < 4.78 is 32.6. The second-order valence-electron chi connectivity index (χ2n) is 10.1. The molecule has 1 spiro atoms. The Morgan fingerprint density at radius 3 is 2.59 bits per heavy atom. The summed E-state index contributed by atoms with van der Waals surface area (Å²) in [6.07, 6.45) is 5.59. The molecular weight excluding hydrogens is 484 g/mol. The van der Waals surface area contributed by atoms with Crippen molar-refractivity contribution in [3.05, 3.63) is 41.2 Å². The summed E-state index contributed by atoms with van der Waals surface area (Å²) in [6.45, 7) is -0.425. The third-order valence-corrected chi connectivity index (χ3v) is 7.80. The number of benzene rings is 1. The van der Waals surface area contributed by atoms with Crippen LogP contribution in [0.2, 0.25) is 0 Å². The van der Waals surface area contributed by atoms with E-state index in [0.29, 0.717) is 42.1 Å². The van der Waals surface area contributed by atoms with Crippen LogP contribution in [0, 0.1) is 12.8 Å². The van der Waals surface area contributed by atoms with E-state index in [9.17, 15) is 23.2 Å². The van der Waals surface area contributed by atoms with Crippen molar-refractivity contribution in [3.8, 4) is 0 Å². The molecule has 11 heteroatoms. The van der Waals surface area contributed by atoms with Crippen molar-refractivity contribution >= 4 is 29.1 Å². The highest BCUT2D eigenvalue weighted by Gasteiger charge is 2.47. The number of nitrogens with one attached hydrogen (secondary N) is 3. The molecular formula is C26H31F2N5O4. The minimum absolute atomic E-state index is 0.0624. The predicted molar refractivity (Wildman–Crippen MR) is 131 cm³/mol. The van der Waals surface area contributed by atoms with Crippen molar-refractivity contribution in [2.24, 2.45) is 5.92 Å². The van der Waals surface area contributed by atoms with E-state index in [2.05, 4.69) is 21.0 Å². The molecule has 5 rings (SSSR count). The Hall–Kier alpha value is -3.34. The molecule has 0 radical (unpaired) electrons. The van der Waals surface area contributed by atoms with E-state index in [-0.39, 0.29) is 23.2 Å². The molecule has 1 aromatic heterocycles. The normalized spacial score (nSPS) is 19.9. The number of alkyl halides is 2. The molecule has 3 amide bonds. The summed E-state index contributed by atoms with van der Waals surface area (Å²) >= 11 is 0. The standard InChI is InChI=1S/C26H31F2N5O4/c1-15-13-20(33(32-15)25(27)28)22(34)31-21(16-5-3-2-4-6-16)23(35)29-17-7-8-18-19(14-17)30-24(36)26(18)9-11-37-12-10-26/h7-8,13-14,16,21,25H,2-6,9-12H2,1H3,(H,29,35)(H,30,36)(H,31,34)/t21-/m0/s1. The Kier molecular flexibility index (Phi) is 6.98. The minimum atomic E-state index is -2.97. The van der Waals surface area contributed by atoms with Crippen LogP contribution in [0.3, 0.4) is 0 Å². The maximum atomic E-state index is 13.5. The Balaban J connectivity index is 1.36. The average molecular weight is 516 g/mol. The molecule has 37 heavy (non-hydrogen) atoms. The van der Waals surface area contributed by atoms with Gasteiger partial charge in [-0.3, -0.25) is 14.4 Å². The van der Waals surface area contributed by atoms with Crippen LogP contribution in [0.1, 0.15) is 73.2 Å². The van der Waals surface area contributed by atoms with E-state index in [1.165, 1.54) is 13.0 Å². The Morgan fingerprint density at radius 1 is 1.16 bits per heavy atom. The first-order valence-corrected chi connectivity index (χ1v) is 12.8. The van der Waals surface area contributed by atoms with Gasteiger partial charge in [0.15, 0.2) is 0 Å².